The number of nitro groups is 1. The van der Waals surface area contributed by atoms with E-state index in [-0.39, 0.29) is 17.1 Å². The number of nitro benzene ring substituents is 1. The first kappa shape index (κ1) is 15.0. The number of furan rings is 1. The van der Waals surface area contributed by atoms with Gasteiger partial charge in [0.2, 0.25) is 10.0 Å². The summed E-state index contributed by atoms with van der Waals surface area (Å²) < 4.78 is 31.4. The Morgan fingerprint density at radius 1 is 1.33 bits per heavy atom. The zero-order valence-corrected chi connectivity index (χ0v) is 11.5. The lowest BCUT2D eigenvalue weighted by Gasteiger charge is -2.07. The molecule has 0 aliphatic carbocycles. The number of nitrogens with one attached hydrogen (secondary N) is 2. The molecule has 0 saturated carbocycles. The van der Waals surface area contributed by atoms with E-state index in [1.165, 1.54) is 18.4 Å². The number of benzene rings is 1. The van der Waals surface area contributed by atoms with Crippen LogP contribution in [0.5, 0.6) is 0 Å². The molecule has 0 fully saturated rings. The van der Waals surface area contributed by atoms with Crippen LogP contribution in [0, 0.1) is 10.1 Å². The molecule has 112 valence electrons. The minimum absolute atomic E-state index is 0.0185. The second-order valence-electron chi connectivity index (χ2n) is 3.98. The molecule has 9 nitrogen and oxygen atoms in total. The number of hydrazine groups is 1. The second-order valence-corrected chi connectivity index (χ2v) is 5.75. The average Bonchev–Trinajstić information content (AvgIpc) is 2.97. The normalized spacial score (nSPS) is 11.3. The second kappa shape index (κ2) is 5.91. The van der Waals surface area contributed by atoms with E-state index in [9.17, 15) is 18.5 Å². The van der Waals surface area contributed by atoms with Gasteiger partial charge in [-0.05, 0) is 24.3 Å². The number of nitrogen functional groups attached to an aromatic ring is 1. The highest BCUT2D eigenvalue weighted by Crippen LogP contribution is 2.26. The Morgan fingerprint density at radius 2 is 2.10 bits per heavy atom. The maximum absolute atomic E-state index is 12.1. The molecule has 0 aliphatic heterocycles. The van der Waals surface area contributed by atoms with Crippen LogP contribution < -0.4 is 16.0 Å². The van der Waals surface area contributed by atoms with Gasteiger partial charge in [0.05, 0.1) is 22.6 Å². The van der Waals surface area contributed by atoms with Gasteiger partial charge in [-0.25, -0.2) is 13.1 Å². The van der Waals surface area contributed by atoms with Crippen LogP contribution in [0.15, 0.2) is 45.9 Å². The molecule has 2 aromatic rings. The fourth-order valence-electron chi connectivity index (χ4n) is 1.61. The molecule has 0 unspecified atom stereocenters. The Kier molecular flexibility index (Phi) is 4.21. The molecule has 2 rings (SSSR count). The molecular formula is C11H12N4O5S. The summed E-state index contributed by atoms with van der Waals surface area (Å²) in [5.41, 5.74) is 1.72. The monoisotopic (exact) mass is 312 g/mol. The lowest BCUT2D eigenvalue weighted by molar-refractivity contribution is -0.384. The molecule has 10 heteroatoms. The van der Waals surface area contributed by atoms with E-state index in [0.717, 1.165) is 6.07 Å². The predicted octanol–water partition coefficient (Wildman–Crippen LogP) is 0.952. The summed E-state index contributed by atoms with van der Waals surface area (Å²) in [6.07, 6.45) is 1.41. The highest BCUT2D eigenvalue weighted by Gasteiger charge is 2.21. The summed E-state index contributed by atoms with van der Waals surface area (Å²) in [6.45, 7) is -0.0555. The van der Waals surface area contributed by atoms with Gasteiger partial charge in [-0.15, -0.1) is 0 Å². The van der Waals surface area contributed by atoms with Crippen molar-refractivity contribution in [1.82, 2.24) is 4.72 Å². The van der Waals surface area contributed by atoms with Gasteiger partial charge >= 0.3 is 0 Å². The smallest absolute Gasteiger partial charge is 0.294 e. The molecule has 0 radical (unpaired) electrons. The van der Waals surface area contributed by atoms with Crippen molar-refractivity contribution in [2.24, 2.45) is 5.84 Å². The van der Waals surface area contributed by atoms with Gasteiger partial charge in [-0.3, -0.25) is 16.0 Å². The van der Waals surface area contributed by atoms with Crippen molar-refractivity contribution in [3.8, 4) is 0 Å². The van der Waals surface area contributed by atoms with Crippen molar-refractivity contribution in [1.29, 1.82) is 0 Å². The van der Waals surface area contributed by atoms with Crippen molar-refractivity contribution in [2.75, 3.05) is 5.43 Å². The van der Waals surface area contributed by atoms with E-state index in [1.807, 2.05) is 0 Å². The molecule has 0 spiro atoms. The van der Waals surface area contributed by atoms with Crippen LogP contribution in [0.4, 0.5) is 11.4 Å². The maximum Gasteiger partial charge on any atom is 0.294 e. The van der Waals surface area contributed by atoms with E-state index in [2.05, 4.69) is 10.1 Å². The number of sulfonamides is 1. The van der Waals surface area contributed by atoms with Crippen molar-refractivity contribution in [3.63, 3.8) is 0 Å². The van der Waals surface area contributed by atoms with Crippen molar-refractivity contribution in [2.45, 2.75) is 11.4 Å². The van der Waals surface area contributed by atoms with E-state index in [4.69, 9.17) is 10.3 Å². The van der Waals surface area contributed by atoms with Gasteiger partial charge in [-0.1, -0.05) is 0 Å². The first-order valence-corrected chi connectivity index (χ1v) is 7.19. The number of nitrogens with two attached hydrogens (primary N) is 1. The highest BCUT2D eigenvalue weighted by molar-refractivity contribution is 7.89. The number of nitrogens with zero attached hydrogens (tertiary/aromatic N) is 1. The Bertz CT molecular complexity index is 742. The predicted molar refractivity (Wildman–Crippen MR) is 73.6 cm³/mol. The zero-order valence-electron chi connectivity index (χ0n) is 10.6. The highest BCUT2D eigenvalue weighted by atomic mass is 32.2. The molecule has 21 heavy (non-hydrogen) atoms. The number of hydrogen-bond acceptors (Lipinski definition) is 7. The van der Waals surface area contributed by atoms with Gasteiger partial charge in [0, 0.05) is 6.07 Å². The third-order valence-corrected chi connectivity index (χ3v) is 4.05. The van der Waals surface area contributed by atoms with Gasteiger partial charge in [-0.2, -0.15) is 0 Å². The topological polar surface area (TPSA) is 140 Å². The number of hydrogen-bond donors (Lipinski definition) is 3. The van der Waals surface area contributed by atoms with Crippen LogP contribution in [0.25, 0.3) is 0 Å². The average molecular weight is 312 g/mol. The summed E-state index contributed by atoms with van der Waals surface area (Å²) >= 11 is 0. The Balaban J connectivity index is 2.27. The standard InChI is InChI=1S/C11H12N4O5S/c12-14-10-4-3-9(6-11(10)15(16)17)21(18,19)13-7-8-2-1-5-20-8/h1-6,13-14H,7,12H2. The maximum atomic E-state index is 12.1. The molecule has 0 aliphatic rings. The molecule has 0 atom stereocenters. The molecule has 0 bridgehead atoms. The van der Waals surface area contributed by atoms with Crippen LogP contribution in [-0.4, -0.2) is 13.3 Å². The van der Waals surface area contributed by atoms with Crippen molar-refractivity contribution >= 4 is 21.4 Å². The molecule has 4 N–H and O–H groups in total. The summed E-state index contributed by atoms with van der Waals surface area (Å²) in [5.74, 6) is 5.56. The van der Waals surface area contributed by atoms with Crippen LogP contribution >= 0.6 is 0 Å². The number of anilines is 1. The Labute approximate surface area is 119 Å². The van der Waals surface area contributed by atoms with E-state index in [1.54, 1.807) is 12.1 Å². The Hall–Kier alpha value is -2.43. The summed E-state index contributed by atoms with van der Waals surface area (Å²) in [4.78, 5) is 9.93. The fraction of sp³-hybridized carbons (Fsp3) is 0.0909. The third-order valence-electron chi connectivity index (χ3n) is 2.65. The quantitative estimate of drug-likeness (QED) is 0.409. The largest absolute Gasteiger partial charge is 0.468 e. The molecule has 1 aromatic heterocycles. The SMILES string of the molecule is NNc1ccc(S(=O)(=O)NCc2ccco2)cc1[N+](=O)[O-]. The fourth-order valence-corrected chi connectivity index (χ4v) is 2.63. The van der Waals surface area contributed by atoms with Crippen LogP contribution in [-0.2, 0) is 16.6 Å². The Morgan fingerprint density at radius 3 is 2.67 bits per heavy atom. The molecule has 1 aromatic carbocycles. The van der Waals surface area contributed by atoms with E-state index >= 15 is 0 Å². The first-order valence-electron chi connectivity index (χ1n) is 5.71. The number of rotatable bonds is 6. The van der Waals surface area contributed by atoms with Crippen molar-refractivity contribution in [3.05, 3.63) is 52.5 Å². The summed E-state index contributed by atoms with van der Waals surface area (Å²) in [5, 5.41) is 10.9. The van der Waals surface area contributed by atoms with Gasteiger partial charge in [0.15, 0.2) is 0 Å². The van der Waals surface area contributed by atoms with Gasteiger partial charge in [0.1, 0.15) is 11.4 Å². The molecule has 0 saturated heterocycles. The van der Waals surface area contributed by atoms with Crippen LogP contribution in [0.3, 0.4) is 0 Å². The van der Waals surface area contributed by atoms with Gasteiger partial charge in [0.25, 0.3) is 5.69 Å². The summed E-state index contributed by atoms with van der Waals surface area (Å²) in [7, 11) is -3.90. The lowest BCUT2D eigenvalue weighted by atomic mass is 10.3. The molecule has 1 heterocycles. The first-order chi connectivity index (χ1) is 9.94. The molecular weight excluding hydrogens is 300 g/mol. The van der Waals surface area contributed by atoms with E-state index < -0.39 is 20.6 Å². The van der Waals surface area contributed by atoms with Crippen molar-refractivity contribution < 1.29 is 17.8 Å². The minimum Gasteiger partial charge on any atom is -0.468 e. The summed E-state index contributed by atoms with van der Waals surface area (Å²) in [6, 6.07) is 6.59. The van der Waals surface area contributed by atoms with Crippen LogP contribution in [0.1, 0.15) is 5.76 Å². The van der Waals surface area contributed by atoms with Gasteiger partial charge < -0.3 is 9.84 Å². The zero-order chi connectivity index (χ0) is 15.5. The lowest BCUT2D eigenvalue weighted by Crippen LogP contribution is -2.23. The molecule has 0 amide bonds. The third kappa shape index (κ3) is 3.37. The van der Waals surface area contributed by atoms with Crippen LogP contribution in [0.2, 0.25) is 0 Å². The van der Waals surface area contributed by atoms with E-state index in [0.29, 0.717) is 5.76 Å². The minimum atomic E-state index is -3.90.